The number of carbonyl (C=O) groups excluding carboxylic acids is 1. The average molecular weight is 450 g/mol. The minimum Gasteiger partial charge on any atom is -0.325 e. The second-order valence-electron chi connectivity index (χ2n) is 7.14. The first-order valence-electron chi connectivity index (χ1n) is 9.66. The van der Waals surface area contributed by atoms with Gasteiger partial charge in [-0.3, -0.25) is 9.20 Å². The van der Waals surface area contributed by atoms with Gasteiger partial charge in [0.2, 0.25) is 5.91 Å². The van der Waals surface area contributed by atoms with Crippen LogP contribution in [0.1, 0.15) is 5.56 Å². The molecule has 0 radical (unpaired) electrons. The molecule has 0 saturated carbocycles. The molecule has 0 bridgehead atoms. The van der Waals surface area contributed by atoms with Crippen LogP contribution in [0.25, 0.3) is 22.4 Å². The van der Waals surface area contributed by atoms with Crippen molar-refractivity contribution in [1.82, 2.24) is 24.2 Å². The number of halogens is 2. The Morgan fingerprint density at radius 2 is 1.81 bits per heavy atom. The number of anilines is 1. The molecule has 7 nitrogen and oxygen atoms in total. The maximum atomic E-state index is 13.4. The largest absolute Gasteiger partial charge is 0.325 e. The lowest BCUT2D eigenvalue weighted by Crippen LogP contribution is -2.15. The number of nitrogens with zero attached hydrogens (tertiary/aromatic N) is 5. The van der Waals surface area contributed by atoms with E-state index in [0.717, 1.165) is 16.6 Å². The lowest BCUT2D eigenvalue weighted by molar-refractivity contribution is -0.113. The van der Waals surface area contributed by atoms with Gasteiger partial charge in [0.25, 0.3) is 0 Å². The van der Waals surface area contributed by atoms with Gasteiger partial charge in [0, 0.05) is 23.6 Å². The number of rotatable bonds is 5. The Kier molecular flexibility index (Phi) is 5.06. The predicted molar refractivity (Wildman–Crippen MR) is 118 cm³/mol. The molecule has 0 aliphatic rings. The molecule has 1 amide bonds. The summed E-state index contributed by atoms with van der Waals surface area (Å²) >= 11 is 1.22. The first-order valence-corrected chi connectivity index (χ1v) is 10.6. The zero-order chi connectivity index (χ0) is 22.2. The normalized spacial score (nSPS) is 11.3. The molecule has 10 heteroatoms. The molecular weight excluding hydrogens is 434 g/mol. The van der Waals surface area contributed by atoms with E-state index < -0.39 is 5.82 Å². The van der Waals surface area contributed by atoms with Gasteiger partial charge in [-0.05, 0) is 55.0 Å². The molecule has 160 valence electrons. The number of amides is 1. The molecule has 2 aromatic carbocycles. The van der Waals surface area contributed by atoms with Gasteiger partial charge in [0.1, 0.15) is 17.2 Å². The molecule has 0 aliphatic carbocycles. The van der Waals surface area contributed by atoms with Crippen molar-refractivity contribution in [1.29, 1.82) is 0 Å². The fourth-order valence-corrected chi connectivity index (χ4v) is 4.01. The Balaban J connectivity index is 1.37. The third kappa shape index (κ3) is 3.80. The maximum Gasteiger partial charge on any atom is 0.234 e. The number of benzene rings is 2. The highest BCUT2D eigenvalue weighted by atomic mass is 32.2. The molecule has 0 atom stereocenters. The number of aromatic nitrogens is 5. The van der Waals surface area contributed by atoms with Crippen LogP contribution in [0.3, 0.4) is 0 Å². The SMILES string of the molecule is Cc1ccc(F)cc1NC(=O)CSc1nnc2c3cc(-c4ccc(F)cc4)nn3ccn12. The van der Waals surface area contributed by atoms with Gasteiger partial charge in [-0.2, -0.15) is 5.10 Å². The van der Waals surface area contributed by atoms with E-state index in [1.54, 1.807) is 46.4 Å². The average Bonchev–Trinajstić information content (AvgIpc) is 3.39. The van der Waals surface area contributed by atoms with Crippen LogP contribution in [-0.2, 0) is 4.79 Å². The Hall–Kier alpha value is -3.79. The van der Waals surface area contributed by atoms with Crippen LogP contribution in [0.4, 0.5) is 14.5 Å². The Labute approximate surface area is 185 Å². The number of aryl methyl sites for hydroxylation is 1. The maximum absolute atomic E-state index is 13.4. The van der Waals surface area contributed by atoms with Crippen LogP contribution in [0, 0.1) is 18.6 Å². The molecule has 1 N–H and O–H groups in total. The Morgan fingerprint density at radius 3 is 2.62 bits per heavy atom. The third-order valence-electron chi connectivity index (χ3n) is 4.93. The van der Waals surface area contributed by atoms with Crippen LogP contribution in [0.2, 0.25) is 0 Å². The number of thioether (sulfide) groups is 1. The monoisotopic (exact) mass is 450 g/mol. The first kappa shape index (κ1) is 20.1. The van der Waals surface area contributed by atoms with Crippen LogP contribution >= 0.6 is 11.8 Å². The molecule has 0 aliphatic heterocycles. The smallest absolute Gasteiger partial charge is 0.234 e. The predicted octanol–water partition coefficient (Wildman–Crippen LogP) is 4.36. The van der Waals surface area contributed by atoms with Gasteiger partial charge in [0.05, 0.1) is 11.4 Å². The fourth-order valence-electron chi connectivity index (χ4n) is 3.30. The zero-order valence-electron chi connectivity index (χ0n) is 16.8. The Morgan fingerprint density at radius 1 is 1.03 bits per heavy atom. The highest BCUT2D eigenvalue weighted by Gasteiger charge is 2.14. The summed E-state index contributed by atoms with van der Waals surface area (Å²) in [7, 11) is 0. The van der Waals surface area contributed by atoms with Crippen LogP contribution < -0.4 is 5.32 Å². The molecule has 0 unspecified atom stereocenters. The first-order chi connectivity index (χ1) is 15.5. The molecule has 0 spiro atoms. The van der Waals surface area contributed by atoms with Crippen LogP contribution in [-0.4, -0.2) is 35.9 Å². The van der Waals surface area contributed by atoms with E-state index in [1.165, 1.54) is 36.0 Å². The number of nitrogens with one attached hydrogen (secondary N) is 1. The minimum absolute atomic E-state index is 0.0853. The summed E-state index contributed by atoms with van der Waals surface area (Å²) in [5.74, 6) is -0.908. The van der Waals surface area contributed by atoms with Gasteiger partial charge in [-0.1, -0.05) is 17.8 Å². The summed E-state index contributed by atoms with van der Waals surface area (Å²) in [5.41, 5.74) is 3.99. The summed E-state index contributed by atoms with van der Waals surface area (Å²) in [5, 5.41) is 16.2. The van der Waals surface area contributed by atoms with E-state index in [0.29, 0.717) is 22.2 Å². The van der Waals surface area contributed by atoms with Gasteiger partial charge < -0.3 is 5.32 Å². The highest BCUT2D eigenvalue weighted by Crippen LogP contribution is 2.25. The summed E-state index contributed by atoms with van der Waals surface area (Å²) in [6.45, 7) is 1.80. The molecule has 32 heavy (non-hydrogen) atoms. The van der Waals surface area contributed by atoms with Crippen molar-refractivity contribution in [2.75, 3.05) is 11.1 Å². The molecule has 3 aromatic heterocycles. The molecule has 0 saturated heterocycles. The fraction of sp³-hybridized carbons (Fsp3) is 0.0909. The number of fused-ring (bicyclic) bond motifs is 3. The quantitative estimate of drug-likeness (QED) is 0.403. The second-order valence-corrected chi connectivity index (χ2v) is 8.08. The topological polar surface area (TPSA) is 76.6 Å². The molecule has 5 rings (SSSR count). The van der Waals surface area contributed by atoms with Crippen molar-refractivity contribution in [3.63, 3.8) is 0 Å². The van der Waals surface area contributed by atoms with E-state index in [4.69, 9.17) is 0 Å². The summed E-state index contributed by atoms with van der Waals surface area (Å²) in [4.78, 5) is 12.4. The van der Waals surface area contributed by atoms with Crippen molar-refractivity contribution in [2.24, 2.45) is 0 Å². The van der Waals surface area contributed by atoms with Gasteiger partial charge in [-0.15, -0.1) is 10.2 Å². The van der Waals surface area contributed by atoms with Crippen molar-refractivity contribution >= 4 is 34.5 Å². The summed E-state index contributed by atoms with van der Waals surface area (Å²) < 4.78 is 30.1. The second kappa shape index (κ2) is 8.04. The van der Waals surface area contributed by atoms with E-state index >= 15 is 0 Å². The van der Waals surface area contributed by atoms with Crippen molar-refractivity contribution in [3.05, 3.63) is 78.1 Å². The number of carbonyl (C=O) groups is 1. The standard InChI is InChI=1S/C22H16F2N6OS/c1-13-2-5-16(24)10-17(13)25-20(31)12-32-22-27-26-21-19-11-18(14-3-6-15(23)7-4-14)28-30(19)9-8-29(21)22/h2-11H,12H2,1H3,(H,25,31). The van der Waals surface area contributed by atoms with Gasteiger partial charge in [0.15, 0.2) is 10.8 Å². The van der Waals surface area contributed by atoms with E-state index in [1.807, 2.05) is 6.07 Å². The van der Waals surface area contributed by atoms with Crippen molar-refractivity contribution in [3.8, 4) is 11.3 Å². The van der Waals surface area contributed by atoms with Gasteiger partial charge in [-0.25, -0.2) is 13.3 Å². The van der Waals surface area contributed by atoms with Crippen molar-refractivity contribution in [2.45, 2.75) is 12.1 Å². The molecule has 0 fully saturated rings. The summed E-state index contributed by atoms with van der Waals surface area (Å²) in [6.07, 6.45) is 3.53. The summed E-state index contributed by atoms with van der Waals surface area (Å²) in [6, 6.07) is 12.2. The Bertz CT molecular complexity index is 1460. The lowest BCUT2D eigenvalue weighted by Gasteiger charge is -2.08. The van der Waals surface area contributed by atoms with Gasteiger partial charge >= 0.3 is 0 Å². The highest BCUT2D eigenvalue weighted by molar-refractivity contribution is 7.99. The molecule has 3 heterocycles. The van der Waals surface area contributed by atoms with E-state index in [2.05, 4.69) is 20.6 Å². The van der Waals surface area contributed by atoms with Crippen molar-refractivity contribution < 1.29 is 13.6 Å². The minimum atomic E-state index is -0.410. The number of hydrogen-bond acceptors (Lipinski definition) is 5. The van der Waals surface area contributed by atoms with Crippen LogP contribution in [0.15, 0.2) is 66.1 Å². The van der Waals surface area contributed by atoms with E-state index in [9.17, 15) is 13.6 Å². The van der Waals surface area contributed by atoms with E-state index in [-0.39, 0.29) is 17.5 Å². The zero-order valence-corrected chi connectivity index (χ0v) is 17.6. The third-order valence-corrected chi connectivity index (χ3v) is 5.88. The lowest BCUT2D eigenvalue weighted by atomic mass is 10.1. The van der Waals surface area contributed by atoms with Crippen LogP contribution in [0.5, 0.6) is 0 Å². The molecule has 5 aromatic rings. The number of hydrogen-bond donors (Lipinski definition) is 1. The molecular formula is C22H16F2N6OS.